The van der Waals surface area contributed by atoms with E-state index in [1.807, 2.05) is 13.8 Å². The van der Waals surface area contributed by atoms with Gasteiger partial charge in [0, 0.05) is 18.9 Å². The molecule has 64 valence electrons. The highest BCUT2D eigenvalue weighted by atomic mass is 28.2. The summed E-state index contributed by atoms with van der Waals surface area (Å²) in [4.78, 5) is 0. The molecule has 0 rings (SSSR count). The first-order valence-corrected chi connectivity index (χ1v) is 5.88. The van der Waals surface area contributed by atoms with Crippen molar-refractivity contribution in [2.24, 2.45) is 5.73 Å². The van der Waals surface area contributed by atoms with Crippen molar-refractivity contribution in [3.63, 3.8) is 0 Å². The number of hydrogen-bond donors (Lipinski definition) is 1. The number of rotatable bonds is 7. The van der Waals surface area contributed by atoms with E-state index in [1.165, 1.54) is 0 Å². The topological polar surface area (TPSA) is 44.5 Å². The molecule has 0 fully saturated rings. The number of hydrogen-bond acceptors (Lipinski definition) is 3. The summed E-state index contributed by atoms with van der Waals surface area (Å²) in [5.41, 5.74) is 5.88. The summed E-state index contributed by atoms with van der Waals surface area (Å²) in [6, 6.07) is 0.923. The Bertz CT molecular complexity index is 85.0. The van der Waals surface area contributed by atoms with Gasteiger partial charge in [0.05, 0.1) is 0 Å². The summed E-state index contributed by atoms with van der Waals surface area (Å²) in [6.07, 6.45) is 0. The summed E-state index contributed by atoms with van der Waals surface area (Å²) in [6.45, 7) is 5.50. The molecule has 0 aromatic heterocycles. The fourth-order valence-corrected chi connectivity index (χ4v) is 1.95. The molecule has 0 saturated heterocycles. The van der Waals surface area contributed by atoms with Crippen molar-refractivity contribution in [1.29, 1.82) is 0 Å². The zero-order valence-electron chi connectivity index (χ0n) is 7.09. The van der Waals surface area contributed by atoms with Crippen LogP contribution in [0.5, 0.6) is 0 Å². The minimum atomic E-state index is 0.167. The molecule has 3 nitrogen and oxygen atoms in total. The quantitative estimate of drug-likeness (QED) is 0.453. The van der Waals surface area contributed by atoms with Gasteiger partial charge in [0.25, 0.3) is 0 Å². The summed E-state index contributed by atoms with van der Waals surface area (Å²) in [7, 11) is 0.948. The largest absolute Gasteiger partial charge is 0.418 e. The van der Waals surface area contributed by atoms with Crippen LogP contribution in [0.15, 0.2) is 0 Å². The predicted molar refractivity (Wildman–Crippen MR) is 47.5 cm³/mol. The van der Waals surface area contributed by atoms with Crippen LogP contribution in [0.1, 0.15) is 13.8 Å². The van der Waals surface area contributed by atoms with Crippen LogP contribution >= 0.6 is 0 Å². The van der Waals surface area contributed by atoms with Gasteiger partial charge in [0.2, 0.25) is 19.5 Å². The van der Waals surface area contributed by atoms with Gasteiger partial charge >= 0.3 is 0 Å². The maximum Gasteiger partial charge on any atom is 0.247 e. The van der Waals surface area contributed by atoms with Gasteiger partial charge in [-0.2, -0.15) is 0 Å². The third-order valence-electron chi connectivity index (χ3n) is 0.929. The van der Waals surface area contributed by atoms with E-state index in [9.17, 15) is 0 Å². The fourth-order valence-electron chi connectivity index (χ4n) is 0.483. The monoisotopic (exact) mass is 189 g/mol. The van der Waals surface area contributed by atoms with Crippen molar-refractivity contribution in [2.75, 3.05) is 13.2 Å². The van der Waals surface area contributed by atoms with E-state index >= 15 is 0 Å². The summed E-state index contributed by atoms with van der Waals surface area (Å²) >= 11 is 0. The van der Waals surface area contributed by atoms with Crippen LogP contribution in [0.4, 0.5) is 0 Å². The summed E-state index contributed by atoms with van der Waals surface area (Å²) < 4.78 is 10.4. The highest BCUT2D eigenvalue weighted by molar-refractivity contribution is 6.36. The molecule has 0 amide bonds. The maximum absolute atomic E-state index is 5.71. The molecule has 1 atom stereocenters. The molecule has 0 aliphatic heterocycles. The summed E-state index contributed by atoms with van der Waals surface area (Å²) in [5.74, 6) is 0. The van der Waals surface area contributed by atoms with Crippen LogP contribution in [0.3, 0.4) is 0 Å². The van der Waals surface area contributed by atoms with Crippen molar-refractivity contribution < 1.29 is 8.85 Å². The molecule has 0 spiro atoms. The molecule has 1 unspecified atom stereocenters. The standard InChI is InChI=1S/C6H15NO2Si2/c1-3-8-10-5-6(7)11-9-4-2/h6H,3-5,7H2,1-2H3. The first kappa shape index (κ1) is 11.3. The van der Waals surface area contributed by atoms with E-state index in [-0.39, 0.29) is 5.67 Å². The Kier molecular flexibility index (Phi) is 8.65. The first-order valence-electron chi connectivity index (χ1n) is 3.78. The normalized spacial score (nSPS) is 13.4. The highest BCUT2D eigenvalue weighted by Crippen LogP contribution is 1.87. The zero-order chi connectivity index (χ0) is 8.53. The second-order valence-corrected chi connectivity index (χ2v) is 4.19. The number of nitrogens with two attached hydrogens (primary N) is 1. The van der Waals surface area contributed by atoms with Gasteiger partial charge in [0.15, 0.2) is 0 Å². The van der Waals surface area contributed by atoms with E-state index in [0.29, 0.717) is 19.5 Å². The molecule has 5 heteroatoms. The molecular formula is C6H15NO2Si2. The Labute approximate surface area is 73.5 Å². The van der Waals surface area contributed by atoms with Crippen LogP contribution in [-0.4, -0.2) is 38.4 Å². The van der Waals surface area contributed by atoms with Crippen molar-refractivity contribution in [2.45, 2.75) is 25.6 Å². The molecular weight excluding hydrogens is 174 g/mol. The Morgan fingerprint density at radius 3 is 2.45 bits per heavy atom. The molecule has 11 heavy (non-hydrogen) atoms. The van der Waals surface area contributed by atoms with Crippen molar-refractivity contribution in [1.82, 2.24) is 0 Å². The fraction of sp³-hybridized carbons (Fsp3) is 1.00. The lowest BCUT2D eigenvalue weighted by Crippen LogP contribution is -2.31. The second kappa shape index (κ2) is 8.41. The average molecular weight is 189 g/mol. The smallest absolute Gasteiger partial charge is 0.247 e. The van der Waals surface area contributed by atoms with Crippen LogP contribution in [0, 0.1) is 0 Å². The molecule has 2 N–H and O–H groups in total. The Balaban J connectivity index is 3.02. The van der Waals surface area contributed by atoms with Gasteiger partial charge in [-0.3, -0.25) is 0 Å². The van der Waals surface area contributed by atoms with Crippen LogP contribution < -0.4 is 5.73 Å². The lowest BCUT2D eigenvalue weighted by Gasteiger charge is -2.07. The zero-order valence-corrected chi connectivity index (χ0v) is 9.09. The van der Waals surface area contributed by atoms with E-state index in [0.717, 1.165) is 19.3 Å². The molecule has 0 aromatic rings. The van der Waals surface area contributed by atoms with E-state index in [4.69, 9.17) is 14.6 Å². The van der Waals surface area contributed by atoms with Gasteiger partial charge in [-0.15, -0.1) is 0 Å². The Hall–Kier alpha value is 0.314. The molecule has 0 saturated carbocycles. The molecule has 0 aromatic carbocycles. The SMILES string of the molecule is CCO[Si]CC(N)[Si]OCC. The third kappa shape index (κ3) is 8.22. The van der Waals surface area contributed by atoms with Gasteiger partial charge in [-0.25, -0.2) is 0 Å². The predicted octanol–water partition coefficient (Wildman–Crippen LogP) is 0.000900. The van der Waals surface area contributed by atoms with Gasteiger partial charge in [-0.05, 0) is 19.9 Å². The van der Waals surface area contributed by atoms with Crippen molar-refractivity contribution in [3.8, 4) is 0 Å². The molecule has 0 aliphatic rings. The summed E-state index contributed by atoms with van der Waals surface area (Å²) in [5, 5.41) is 0. The van der Waals surface area contributed by atoms with Crippen LogP contribution in [0.2, 0.25) is 6.04 Å². The third-order valence-corrected chi connectivity index (χ3v) is 3.40. The van der Waals surface area contributed by atoms with Crippen molar-refractivity contribution >= 4 is 19.5 Å². The minimum absolute atomic E-state index is 0.167. The lowest BCUT2D eigenvalue weighted by atomic mass is 10.8. The van der Waals surface area contributed by atoms with E-state index in [2.05, 4.69) is 0 Å². The Morgan fingerprint density at radius 1 is 1.27 bits per heavy atom. The van der Waals surface area contributed by atoms with Gasteiger partial charge in [0.1, 0.15) is 0 Å². The van der Waals surface area contributed by atoms with E-state index < -0.39 is 0 Å². The van der Waals surface area contributed by atoms with E-state index in [1.54, 1.807) is 0 Å². The molecule has 4 radical (unpaired) electrons. The molecule has 0 heterocycles. The van der Waals surface area contributed by atoms with Crippen LogP contribution in [0.25, 0.3) is 0 Å². The highest BCUT2D eigenvalue weighted by Gasteiger charge is 2.05. The van der Waals surface area contributed by atoms with Gasteiger partial charge in [-0.1, -0.05) is 0 Å². The molecule has 0 bridgehead atoms. The average Bonchev–Trinajstić information content (AvgIpc) is 2.01. The molecule has 0 aliphatic carbocycles. The first-order chi connectivity index (χ1) is 5.31. The lowest BCUT2D eigenvalue weighted by molar-refractivity contribution is 0.347. The van der Waals surface area contributed by atoms with Gasteiger partial charge < -0.3 is 14.6 Å². The minimum Gasteiger partial charge on any atom is -0.418 e. The Morgan fingerprint density at radius 2 is 1.91 bits per heavy atom. The van der Waals surface area contributed by atoms with Crippen molar-refractivity contribution in [3.05, 3.63) is 0 Å². The maximum atomic E-state index is 5.71. The van der Waals surface area contributed by atoms with Crippen LogP contribution in [-0.2, 0) is 8.85 Å². The second-order valence-electron chi connectivity index (χ2n) is 1.94.